The summed E-state index contributed by atoms with van der Waals surface area (Å²) in [5.41, 5.74) is 3.44. The molecule has 1 saturated heterocycles. The van der Waals surface area contributed by atoms with Gasteiger partial charge in [0.25, 0.3) is 11.6 Å². The molecule has 11 heteroatoms. The quantitative estimate of drug-likeness (QED) is 0.0858. The fourth-order valence-corrected chi connectivity index (χ4v) is 6.22. The molecule has 2 heterocycles. The van der Waals surface area contributed by atoms with Crippen LogP contribution in [0.15, 0.2) is 76.8 Å². The number of H-pyrrole nitrogens is 1. The molecule has 0 spiro atoms. The van der Waals surface area contributed by atoms with Crippen molar-refractivity contribution in [2.45, 2.75) is 26.4 Å². The van der Waals surface area contributed by atoms with Crippen molar-refractivity contribution in [2.24, 2.45) is 4.99 Å². The summed E-state index contributed by atoms with van der Waals surface area (Å²) in [5, 5.41) is 12.7. The van der Waals surface area contributed by atoms with Crippen molar-refractivity contribution < 1.29 is 19.2 Å². The Labute approximate surface area is 254 Å². The van der Waals surface area contributed by atoms with E-state index in [1.165, 1.54) is 23.9 Å². The van der Waals surface area contributed by atoms with Crippen molar-refractivity contribution in [3.05, 3.63) is 96.6 Å². The maximum atomic E-state index is 13.7. The van der Waals surface area contributed by atoms with Crippen molar-refractivity contribution in [3.63, 3.8) is 0 Å². The lowest BCUT2D eigenvalue weighted by Gasteiger charge is -2.16. The number of methoxy groups -OCH3 is 1. The number of nitro benzene ring substituents is 1. The van der Waals surface area contributed by atoms with Crippen molar-refractivity contribution in [3.8, 4) is 11.5 Å². The second-order valence-corrected chi connectivity index (χ2v) is 11.7. The number of halogens is 1. The lowest BCUT2D eigenvalue weighted by Crippen LogP contribution is -2.31. The minimum atomic E-state index is -0.452. The molecule has 41 heavy (non-hydrogen) atoms. The third-order valence-electron chi connectivity index (χ3n) is 6.36. The predicted molar refractivity (Wildman–Crippen MR) is 171 cm³/mol. The van der Waals surface area contributed by atoms with Crippen LogP contribution in [0.25, 0.3) is 17.0 Å². The highest BCUT2D eigenvalue weighted by atomic mass is 127. The average Bonchev–Trinajstić information content (AvgIpc) is 3.49. The Hall–Kier alpha value is -3.84. The molecule has 1 aliphatic rings. The number of hydrogen-bond acceptors (Lipinski definition) is 7. The largest absolute Gasteiger partial charge is 0.493 e. The minimum Gasteiger partial charge on any atom is -0.493 e. The highest BCUT2D eigenvalue weighted by Crippen LogP contribution is 2.38. The standard InChI is InChI=1S/C30H27IN4O5S/c1-18(2)40-28-24(31)14-19(15-26(28)39-3)16-27-29(36)34(13-12-20-17-32-25-7-5-4-6-23(20)25)30(41-27)33-21-8-10-22(11-9-21)35(37)38/h4-11,14-18,32H,12-13H2,1-3H3/b27-16-,33-30?. The Bertz CT molecular complexity index is 1680. The van der Waals surface area contributed by atoms with Gasteiger partial charge in [-0.3, -0.25) is 19.8 Å². The van der Waals surface area contributed by atoms with Gasteiger partial charge in [-0.15, -0.1) is 0 Å². The number of nitrogens with zero attached hydrogens (tertiary/aromatic N) is 3. The van der Waals surface area contributed by atoms with Crippen LogP contribution in [0.4, 0.5) is 11.4 Å². The second-order valence-electron chi connectivity index (χ2n) is 9.55. The zero-order chi connectivity index (χ0) is 29.1. The van der Waals surface area contributed by atoms with Crippen LogP contribution in [0, 0.1) is 13.7 Å². The molecule has 210 valence electrons. The van der Waals surface area contributed by atoms with Gasteiger partial charge in [0.15, 0.2) is 16.7 Å². The van der Waals surface area contributed by atoms with Gasteiger partial charge in [-0.2, -0.15) is 0 Å². The van der Waals surface area contributed by atoms with Gasteiger partial charge in [0, 0.05) is 35.8 Å². The van der Waals surface area contributed by atoms with Crippen LogP contribution in [0.3, 0.4) is 0 Å². The Kier molecular flexibility index (Phi) is 8.64. The molecule has 3 aromatic carbocycles. The SMILES string of the molecule is COc1cc(/C=C2\SC(=Nc3ccc([N+](=O)[O-])cc3)N(CCc3c[nH]c4ccccc34)C2=O)cc(I)c1OC(C)C. The molecule has 1 amide bonds. The summed E-state index contributed by atoms with van der Waals surface area (Å²) < 4.78 is 12.4. The Morgan fingerprint density at radius 1 is 1.17 bits per heavy atom. The van der Waals surface area contributed by atoms with Gasteiger partial charge in [-0.25, -0.2) is 4.99 Å². The Morgan fingerprint density at radius 2 is 1.93 bits per heavy atom. The molecule has 0 saturated carbocycles. The van der Waals surface area contributed by atoms with Crippen molar-refractivity contribution in [1.29, 1.82) is 0 Å². The van der Waals surface area contributed by atoms with Gasteiger partial charge in [-0.1, -0.05) is 18.2 Å². The molecule has 1 aliphatic heterocycles. The fraction of sp³-hybridized carbons (Fsp3) is 0.200. The van der Waals surface area contributed by atoms with Gasteiger partial charge in [0.1, 0.15) is 0 Å². The number of para-hydroxylation sites is 1. The van der Waals surface area contributed by atoms with Crippen LogP contribution in [-0.4, -0.2) is 45.6 Å². The number of benzene rings is 3. The van der Waals surface area contributed by atoms with Crippen molar-refractivity contribution in [2.75, 3.05) is 13.7 Å². The van der Waals surface area contributed by atoms with E-state index >= 15 is 0 Å². The van der Waals surface area contributed by atoms with Crippen LogP contribution in [-0.2, 0) is 11.2 Å². The van der Waals surface area contributed by atoms with E-state index in [-0.39, 0.29) is 17.7 Å². The smallest absolute Gasteiger partial charge is 0.269 e. The third kappa shape index (κ3) is 6.41. The van der Waals surface area contributed by atoms with Gasteiger partial charge in [-0.05, 0) is 102 Å². The lowest BCUT2D eigenvalue weighted by atomic mass is 10.1. The molecular formula is C30H27IN4O5S. The van der Waals surface area contributed by atoms with Crippen LogP contribution < -0.4 is 9.47 Å². The molecule has 1 fully saturated rings. The van der Waals surface area contributed by atoms with E-state index < -0.39 is 4.92 Å². The number of carbonyl (C=O) groups is 1. The number of thioether (sulfide) groups is 1. The molecule has 5 rings (SSSR count). The summed E-state index contributed by atoms with van der Waals surface area (Å²) in [6, 6.07) is 17.8. The number of non-ortho nitro benzene ring substituents is 1. The summed E-state index contributed by atoms with van der Waals surface area (Å²) in [4.78, 5) is 34.5. The van der Waals surface area contributed by atoms with Crippen LogP contribution in [0.2, 0.25) is 0 Å². The number of nitro groups is 1. The maximum Gasteiger partial charge on any atom is 0.269 e. The molecule has 0 bridgehead atoms. The highest BCUT2D eigenvalue weighted by molar-refractivity contribution is 14.1. The van der Waals surface area contributed by atoms with Crippen LogP contribution >= 0.6 is 34.4 Å². The summed E-state index contributed by atoms with van der Waals surface area (Å²) in [5.74, 6) is 1.09. The van der Waals surface area contributed by atoms with E-state index in [0.717, 1.165) is 25.6 Å². The number of amidine groups is 1. The monoisotopic (exact) mass is 682 g/mol. The van der Waals surface area contributed by atoms with Gasteiger partial charge in [0.05, 0.1) is 32.3 Å². The number of aromatic nitrogens is 1. The van der Waals surface area contributed by atoms with Crippen LogP contribution in [0.1, 0.15) is 25.0 Å². The average molecular weight is 683 g/mol. The zero-order valence-corrected chi connectivity index (χ0v) is 25.6. The Morgan fingerprint density at radius 3 is 2.63 bits per heavy atom. The van der Waals surface area contributed by atoms with Gasteiger partial charge < -0.3 is 14.5 Å². The first-order valence-corrected chi connectivity index (χ1v) is 14.8. The maximum absolute atomic E-state index is 13.7. The first kappa shape index (κ1) is 28.7. The van der Waals surface area contributed by atoms with E-state index in [9.17, 15) is 14.9 Å². The topological polar surface area (TPSA) is 110 Å². The first-order valence-electron chi connectivity index (χ1n) is 12.9. The predicted octanol–water partition coefficient (Wildman–Crippen LogP) is 7.32. The Balaban J connectivity index is 1.48. The molecule has 9 nitrogen and oxygen atoms in total. The molecule has 0 aliphatic carbocycles. The number of amides is 1. The second kappa shape index (κ2) is 12.4. The summed E-state index contributed by atoms with van der Waals surface area (Å²) >= 11 is 3.48. The summed E-state index contributed by atoms with van der Waals surface area (Å²) in [6.45, 7) is 4.32. The number of fused-ring (bicyclic) bond motifs is 1. The summed E-state index contributed by atoms with van der Waals surface area (Å²) in [6.07, 6.45) is 4.40. The number of rotatable bonds is 9. The number of aliphatic imine (C=N–C) groups is 1. The molecule has 4 aromatic rings. The number of nitrogens with one attached hydrogen (secondary N) is 1. The zero-order valence-electron chi connectivity index (χ0n) is 22.6. The molecule has 1 aromatic heterocycles. The normalized spacial score (nSPS) is 15.4. The van der Waals surface area contributed by atoms with E-state index in [1.54, 1.807) is 24.1 Å². The van der Waals surface area contributed by atoms with E-state index in [4.69, 9.17) is 14.5 Å². The van der Waals surface area contributed by atoms with E-state index in [1.807, 2.05) is 56.5 Å². The van der Waals surface area contributed by atoms with Crippen molar-refractivity contribution >= 4 is 73.8 Å². The number of aromatic amines is 1. The molecule has 1 N–H and O–H groups in total. The van der Waals surface area contributed by atoms with E-state index in [2.05, 4.69) is 33.6 Å². The molecular weight excluding hydrogens is 655 g/mol. The lowest BCUT2D eigenvalue weighted by molar-refractivity contribution is -0.384. The molecule has 0 atom stereocenters. The summed E-state index contributed by atoms with van der Waals surface area (Å²) in [7, 11) is 1.59. The van der Waals surface area contributed by atoms with Gasteiger partial charge >= 0.3 is 0 Å². The number of hydrogen-bond donors (Lipinski definition) is 1. The van der Waals surface area contributed by atoms with E-state index in [0.29, 0.717) is 40.2 Å². The minimum absolute atomic E-state index is 0.0162. The number of ether oxygens (including phenoxy) is 2. The first-order chi connectivity index (χ1) is 19.7. The molecule has 0 unspecified atom stereocenters. The van der Waals surface area contributed by atoms with Gasteiger partial charge in [0.2, 0.25) is 0 Å². The molecule has 0 radical (unpaired) electrons. The highest BCUT2D eigenvalue weighted by Gasteiger charge is 2.33. The van der Waals surface area contributed by atoms with Crippen molar-refractivity contribution in [1.82, 2.24) is 9.88 Å². The third-order valence-corrected chi connectivity index (χ3v) is 8.16. The van der Waals surface area contributed by atoms with Crippen LogP contribution in [0.5, 0.6) is 11.5 Å². The number of carbonyl (C=O) groups excluding carboxylic acids is 1. The fourth-order valence-electron chi connectivity index (χ4n) is 4.44.